The van der Waals surface area contributed by atoms with Crippen molar-refractivity contribution in [2.75, 3.05) is 19.8 Å². The molecule has 0 aromatic heterocycles. The molecule has 0 saturated carbocycles. The van der Waals surface area contributed by atoms with Gasteiger partial charge in [-0.05, 0) is 26.2 Å². The molecular formula is C9H19NO2. The first-order chi connectivity index (χ1) is 5.70. The van der Waals surface area contributed by atoms with E-state index in [1.54, 1.807) is 6.92 Å². The van der Waals surface area contributed by atoms with Crippen LogP contribution in [0.3, 0.4) is 0 Å². The number of aliphatic hydroxyl groups is 1. The second kappa shape index (κ2) is 4.80. The predicted octanol–water partition coefficient (Wildman–Crippen LogP) is 0.382. The summed E-state index contributed by atoms with van der Waals surface area (Å²) in [7, 11) is 0. The van der Waals surface area contributed by atoms with Crippen molar-refractivity contribution in [1.29, 1.82) is 0 Å². The number of nitrogens with one attached hydrogen (secondary N) is 1. The van der Waals surface area contributed by atoms with Crippen molar-refractivity contribution < 1.29 is 9.84 Å². The molecule has 0 spiro atoms. The monoisotopic (exact) mass is 173 g/mol. The molecule has 0 aromatic carbocycles. The molecule has 1 rings (SSSR count). The summed E-state index contributed by atoms with van der Waals surface area (Å²) in [6, 6.07) is 0.460. The van der Waals surface area contributed by atoms with E-state index < -0.39 is 0 Å². The largest absolute Gasteiger partial charge is 0.392 e. The van der Waals surface area contributed by atoms with Crippen LogP contribution < -0.4 is 5.32 Å². The summed E-state index contributed by atoms with van der Waals surface area (Å²) in [6.45, 7) is 6.39. The molecule has 1 aliphatic rings. The van der Waals surface area contributed by atoms with Gasteiger partial charge in [-0.25, -0.2) is 0 Å². The molecule has 1 aliphatic heterocycles. The molecule has 12 heavy (non-hydrogen) atoms. The Bertz CT molecular complexity index is 122. The minimum absolute atomic E-state index is 0.255. The molecule has 1 saturated heterocycles. The Morgan fingerprint density at radius 2 is 2.33 bits per heavy atom. The zero-order valence-corrected chi connectivity index (χ0v) is 7.92. The topological polar surface area (TPSA) is 41.5 Å². The smallest absolute Gasteiger partial charge is 0.0636 e. The Morgan fingerprint density at radius 3 is 2.83 bits per heavy atom. The first kappa shape index (κ1) is 9.96. The van der Waals surface area contributed by atoms with Crippen molar-refractivity contribution in [2.45, 2.75) is 32.4 Å². The van der Waals surface area contributed by atoms with Gasteiger partial charge in [-0.3, -0.25) is 0 Å². The van der Waals surface area contributed by atoms with Crippen LogP contribution in [0.5, 0.6) is 0 Å². The van der Waals surface area contributed by atoms with Gasteiger partial charge in [0.1, 0.15) is 0 Å². The molecule has 0 aliphatic carbocycles. The highest BCUT2D eigenvalue weighted by Gasteiger charge is 2.21. The summed E-state index contributed by atoms with van der Waals surface area (Å²) in [5.41, 5.74) is 0. The summed E-state index contributed by atoms with van der Waals surface area (Å²) in [4.78, 5) is 0. The Hall–Kier alpha value is -0.120. The SMILES string of the molecule is CC(NC[C@H](C)O)C1CCOC1. The maximum absolute atomic E-state index is 9.05. The zero-order chi connectivity index (χ0) is 8.97. The molecule has 2 unspecified atom stereocenters. The summed E-state index contributed by atoms with van der Waals surface area (Å²) in [6.07, 6.45) is 0.892. The van der Waals surface area contributed by atoms with E-state index in [2.05, 4.69) is 12.2 Å². The van der Waals surface area contributed by atoms with E-state index in [9.17, 15) is 0 Å². The molecule has 1 heterocycles. The molecule has 3 atom stereocenters. The van der Waals surface area contributed by atoms with Crippen LogP contribution >= 0.6 is 0 Å². The molecule has 72 valence electrons. The second-order valence-corrected chi connectivity index (χ2v) is 3.67. The van der Waals surface area contributed by atoms with Crippen LogP contribution in [0.4, 0.5) is 0 Å². The van der Waals surface area contributed by atoms with Crippen molar-refractivity contribution in [1.82, 2.24) is 5.32 Å². The first-order valence-corrected chi connectivity index (χ1v) is 4.69. The van der Waals surface area contributed by atoms with Crippen molar-refractivity contribution in [2.24, 2.45) is 5.92 Å². The molecule has 0 bridgehead atoms. The van der Waals surface area contributed by atoms with Gasteiger partial charge in [-0.1, -0.05) is 0 Å². The van der Waals surface area contributed by atoms with Crippen LogP contribution in [0, 0.1) is 5.92 Å². The normalized spacial score (nSPS) is 28.8. The Kier molecular flexibility index (Phi) is 3.98. The molecule has 2 N–H and O–H groups in total. The van der Waals surface area contributed by atoms with Crippen LogP contribution in [0.25, 0.3) is 0 Å². The van der Waals surface area contributed by atoms with Gasteiger partial charge >= 0.3 is 0 Å². The van der Waals surface area contributed by atoms with Gasteiger partial charge in [0.15, 0.2) is 0 Å². The standard InChI is InChI=1S/C9H19NO2/c1-7(11)5-10-8(2)9-3-4-12-6-9/h7-11H,3-6H2,1-2H3/t7-,8?,9?/m0/s1. The fourth-order valence-electron chi connectivity index (χ4n) is 1.47. The predicted molar refractivity (Wildman–Crippen MR) is 48.1 cm³/mol. The maximum atomic E-state index is 9.05. The van der Waals surface area contributed by atoms with E-state index in [0.29, 0.717) is 18.5 Å². The van der Waals surface area contributed by atoms with Gasteiger partial charge in [0.25, 0.3) is 0 Å². The third-order valence-corrected chi connectivity index (χ3v) is 2.41. The van der Waals surface area contributed by atoms with Gasteiger partial charge in [-0.15, -0.1) is 0 Å². The van der Waals surface area contributed by atoms with Crippen molar-refractivity contribution in [3.05, 3.63) is 0 Å². The van der Waals surface area contributed by atoms with Gasteiger partial charge < -0.3 is 15.2 Å². The lowest BCUT2D eigenvalue weighted by Crippen LogP contribution is -2.37. The highest BCUT2D eigenvalue weighted by atomic mass is 16.5. The van der Waals surface area contributed by atoms with Crippen LogP contribution in [0.1, 0.15) is 20.3 Å². The third-order valence-electron chi connectivity index (χ3n) is 2.41. The minimum atomic E-state index is -0.255. The number of hydrogen-bond donors (Lipinski definition) is 2. The number of hydrogen-bond acceptors (Lipinski definition) is 3. The molecular weight excluding hydrogens is 154 g/mol. The fourth-order valence-corrected chi connectivity index (χ4v) is 1.47. The number of aliphatic hydroxyl groups excluding tert-OH is 1. The van der Waals surface area contributed by atoms with Crippen LogP contribution in [0.2, 0.25) is 0 Å². The highest BCUT2D eigenvalue weighted by Crippen LogP contribution is 2.15. The average molecular weight is 173 g/mol. The van der Waals surface area contributed by atoms with E-state index in [0.717, 1.165) is 19.6 Å². The summed E-state index contributed by atoms with van der Waals surface area (Å²) in [5, 5.41) is 12.3. The number of ether oxygens (including phenoxy) is 1. The van der Waals surface area contributed by atoms with Gasteiger partial charge in [0.2, 0.25) is 0 Å². The van der Waals surface area contributed by atoms with Crippen molar-refractivity contribution in [3.63, 3.8) is 0 Å². The van der Waals surface area contributed by atoms with Crippen LogP contribution in [-0.4, -0.2) is 37.0 Å². The van der Waals surface area contributed by atoms with E-state index in [1.165, 1.54) is 0 Å². The lowest BCUT2D eigenvalue weighted by molar-refractivity contribution is 0.164. The Labute approximate surface area is 74.1 Å². The lowest BCUT2D eigenvalue weighted by Gasteiger charge is -2.19. The molecule has 1 fully saturated rings. The van der Waals surface area contributed by atoms with Crippen molar-refractivity contribution >= 4 is 0 Å². The minimum Gasteiger partial charge on any atom is -0.392 e. The van der Waals surface area contributed by atoms with Crippen molar-refractivity contribution in [3.8, 4) is 0 Å². The van der Waals surface area contributed by atoms with E-state index in [-0.39, 0.29) is 6.10 Å². The van der Waals surface area contributed by atoms with E-state index >= 15 is 0 Å². The third kappa shape index (κ3) is 3.09. The van der Waals surface area contributed by atoms with Crippen LogP contribution in [0.15, 0.2) is 0 Å². The first-order valence-electron chi connectivity index (χ1n) is 4.69. The Balaban J connectivity index is 2.13. The van der Waals surface area contributed by atoms with Gasteiger partial charge in [-0.2, -0.15) is 0 Å². The Morgan fingerprint density at radius 1 is 1.58 bits per heavy atom. The van der Waals surface area contributed by atoms with Gasteiger partial charge in [0.05, 0.1) is 12.7 Å². The number of rotatable bonds is 4. The summed E-state index contributed by atoms with van der Waals surface area (Å²) < 4.78 is 5.28. The van der Waals surface area contributed by atoms with Crippen LogP contribution in [-0.2, 0) is 4.74 Å². The summed E-state index contributed by atoms with van der Waals surface area (Å²) in [5.74, 6) is 0.628. The quantitative estimate of drug-likeness (QED) is 0.646. The fraction of sp³-hybridized carbons (Fsp3) is 1.00. The highest BCUT2D eigenvalue weighted by molar-refractivity contribution is 4.75. The molecule has 3 heteroatoms. The van der Waals surface area contributed by atoms with Gasteiger partial charge in [0, 0.05) is 19.2 Å². The molecule has 3 nitrogen and oxygen atoms in total. The molecule has 0 radical (unpaired) electrons. The zero-order valence-electron chi connectivity index (χ0n) is 7.92. The van der Waals surface area contributed by atoms with E-state index in [4.69, 9.17) is 9.84 Å². The lowest BCUT2D eigenvalue weighted by atomic mass is 10.0. The van der Waals surface area contributed by atoms with E-state index in [1.807, 2.05) is 0 Å². The average Bonchev–Trinajstić information content (AvgIpc) is 2.51. The molecule has 0 amide bonds. The second-order valence-electron chi connectivity index (χ2n) is 3.67. The maximum Gasteiger partial charge on any atom is 0.0636 e. The summed E-state index contributed by atoms with van der Waals surface area (Å²) >= 11 is 0. The molecule has 0 aromatic rings.